The molecule has 0 aliphatic heterocycles. The summed E-state index contributed by atoms with van der Waals surface area (Å²) in [6, 6.07) is 1.55. The quantitative estimate of drug-likeness (QED) is 0.920. The molecule has 1 aliphatic rings. The van der Waals surface area contributed by atoms with Crippen molar-refractivity contribution >= 4 is 15.9 Å². The first-order chi connectivity index (χ1) is 10.2. The maximum Gasteiger partial charge on any atom is 0.433 e. The van der Waals surface area contributed by atoms with Gasteiger partial charge in [-0.05, 0) is 25.0 Å². The van der Waals surface area contributed by atoms with Crippen molar-refractivity contribution in [1.82, 2.24) is 9.71 Å². The SMILES string of the molecule is O=C(NS(=O)(=O)C1CCCCC1)c1ccc(C(F)(F)F)nc1. The average molecular weight is 336 g/mol. The van der Waals surface area contributed by atoms with E-state index >= 15 is 0 Å². The first-order valence-corrected chi connectivity index (χ1v) is 8.34. The normalized spacial score (nSPS) is 17.2. The number of carbonyl (C=O) groups is 1. The Bertz CT molecular complexity index is 635. The molecule has 0 spiro atoms. The van der Waals surface area contributed by atoms with Crippen molar-refractivity contribution < 1.29 is 26.4 Å². The van der Waals surface area contributed by atoms with Crippen molar-refractivity contribution in [2.45, 2.75) is 43.5 Å². The van der Waals surface area contributed by atoms with Gasteiger partial charge in [-0.15, -0.1) is 0 Å². The average Bonchev–Trinajstić information content (AvgIpc) is 2.47. The van der Waals surface area contributed by atoms with Crippen molar-refractivity contribution in [1.29, 1.82) is 0 Å². The maximum atomic E-state index is 12.4. The fourth-order valence-electron chi connectivity index (χ4n) is 2.34. The minimum absolute atomic E-state index is 0.229. The highest BCUT2D eigenvalue weighted by Crippen LogP contribution is 2.27. The Morgan fingerprint density at radius 2 is 1.82 bits per heavy atom. The molecule has 0 unspecified atom stereocenters. The molecule has 1 heterocycles. The number of nitrogens with one attached hydrogen (secondary N) is 1. The van der Waals surface area contributed by atoms with Gasteiger partial charge in [0.2, 0.25) is 10.0 Å². The third-order valence-electron chi connectivity index (χ3n) is 3.54. The van der Waals surface area contributed by atoms with Crippen LogP contribution in [0.3, 0.4) is 0 Å². The standard InChI is InChI=1S/C13H15F3N2O3S/c14-13(15,16)11-7-6-9(8-17-11)12(19)18-22(20,21)10-4-2-1-3-5-10/h6-8,10H,1-5H2,(H,18,19). The van der Waals surface area contributed by atoms with Gasteiger partial charge in [-0.25, -0.2) is 13.1 Å². The van der Waals surface area contributed by atoms with Crippen LogP contribution in [0.1, 0.15) is 48.2 Å². The zero-order valence-electron chi connectivity index (χ0n) is 11.6. The van der Waals surface area contributed by atoms with Gasteiger partial charge in [0.25, 0.3) is 5.91 Å². The van der Waals surface area contributed by atoms with Crippen molar-refractivity contribution in [3.63, 3.8) is 0 Å². The van der Waals surface area contributed by atoms with E-state index in [0.717, 1.165) is 25.3 Å². The van der Waals surface area contributed by atoms with Gasteiger partial charge >= 0.3 is 6.18 Å². The van der Waals surface area contributed by atoms with Gasteiger partial charge < -0.3 is 0 Å². The number of alkyl halides is 3. The second-order valence-corrected chi connectivity index (χ2v) is 7.13. The number of hydrogen-bond donors (Lipinski definition) is 1. The summed E-state index contributed by atoms with van der Waals surface area (Å²) < 4.78 is 63.2. The minimum atomic E-state index is -4.61. The van der Waals surface area contributed by atoms with Crippen LogP contribution >= 0.6 is 0 Å². The van der Waals surface area contributed by atoms with Crippen LogP contribution in [0.4, 0.5) is 13.2 Å². The second kappa shape index (κ2) is 6.23. The van der Waals surface area contributed by atoms with Crippen LogP contribution in [0.5, 0.6) is 0 Å². The van der Waals surface area contributed by atoms with Gasteiger partial charge in [0.1, 0.15) is 5.69 Å². The molecule has 0 aromatic carbocycles. The second-order valence-electron chi connectivity index (χ2n) is 5.17. The molecule has 1 aliphatic carbocycles. The van der Waals surface area contributed by atoms with E-state index in [9.17, 15) is 26.4 Å². The van der Waals surface area contributed by atoms with E-state index in [1.165, 1.54) is 0 Å². The van der Waals surface area contributed by atoms with Crippen LogP contribution in [0, 0.1) is 0 Å². The van der Waals surface area contributed by atoms with Crippen molar-refractivity contribution in [3.8, 4) is 0 Å². The van der Waals surface area contributed by atoms with E-state index in [-0.39, 0.29) is 5.56 Å². The Balaban J connectivity index is 2.08. The molecule has 1 fully saturated rings. The third-order valence-corrected chi connectivity index (χ3v) is 5.36. The van der Waals surface area contributed by atoms with E-state index in [1.54, 1.807) is 0 Å². The molecule has 0 radical (unpaired) electrons. The summed E-state index contributed by atoms with van der Waals surface area (Å²) >= 11 is 0. The fourth-order valence-corrected chi connectivity index (χ4v) is 3.84. The first kappa shape index (κ1) is 16.7. The molecule has 122 valence electrons. The predicted octanol–water partition coefficient (Wildman–Crippen LogP) is 2.49. The Kier molecular flexibility index (Phi) is 4.74. The number of amides is 1. The summed E-state index contributed by atoms with van der Waals surface area (Å²) in [5.74, 6) is -0.966. The van der Waals surface area contributed by atoms with Crippen molar-refractivity contribution in [2.75, 3.05) is 0 Å². The van der Waals surface area contributed by atoms with Gasteiger partial charge in [0, 0.05) is 6.20 Å². The van der Waals surface area contributed by atoms with Crippen LogP contribution < -0.4 is 4.72 Å². The Morgan fingerprint density at radius 3 is 2.32 bits per heavy atom. The molecule has 0 atom stereocenters. The lowest BCUT2D eigenvalue weighted by atomic mass is 10.0. The molecule has 1 saturated carbocycles. The van der Waals surface area contributed by atoms with Crippen LogP contribution in [-0.4, -0.2) is 24.6 Å². The molecule has 1 N–H and O–H groups in total. The van der Waals surface area contributed by atoms with Crippen LogP contribution in [0.2, 0.25) is 0 Å². The Labute approximate surface area is 126 Å². The van der Waals surface area contributed by atoms with E-state index < -0.39 is 33.1 Å². The number of nitrogens with zero attached hydrogens (tertiary/aromatic N) is 1. The van der Waals surface area contributed by atoms with E-state index in [4.69, 9.17) is 0 Å². The molecule has 1 amide bonds. The summed E-state index contributed by atoms with van der Waals surface area (Å²) in [5, 5.41) is -0.632. The Hall–Kier alpha value is -1.64. The lowest BCUT2D eigenvalue weighted by Crippen LogP contribution is -2.39. The van der Waals surface area contributed by atoms with Gasteiger partial charge in [-0.3, -0.25) is 9.78 Å². The number of aromatic nitrogens is 1. The monoisotopic (exact) mass is 336 g/mol. The van der Waals surface area contributed by atoms with E-state index in [2.05, 4.69) is 4.98 Å². The number of rotatable bonds is 3. The van der Waals surface area contributed by atoms with Gasteiger partial charge in [-0.1, -0.05) is 19.3 Å². The van der Waals surface area contributed by atoms with Gasteiger partial charge in [-0.2, -0.15) is 13.2 Å². The lowest BCUT2D eigenvalue weighted by molar-refractivity contribution is -0.141. The highest BCUT2D eigenvalue weighted by atomic mass is 32.2. The summed E-state index contributed by atoms with van der Waals surface area (Å²) in [6.07, 6.45) is -0.411. The molecule has 9 heteroatoms. The minimum Gasteiger partial charge on any atom is -0.268 e. The number of sulfonamides is 1. The molecule has 22 heavy (non-hydrogen) atoms. The highest BCUT2D eigenvalue weighted by Gasteiger charge is 2.33. The number of carbonyl (C=O) groups excluding carboxylic acids is 1. The number of hydrogen-bond acceptors (Lipinski definition) is 4. The molecule has 0 saturated heterocycles. The zero-order valence-corrected chi connectivity index (χ0v) is 12.4. The molecule has 0 bridgehead atoms. The van der Waals surface area contributed by atoms with Crippen LogP contribution in [0.15, 0.2) is 18.3 Å². The summed E-state index contributed by atoms with van der Waals surface area (Å²) in [5.41, 5.74) is -1.37. The van der Waals surface area contributed by atoms with Gasteiger partial charge in [0.05, 0.1) is 10.8 Å². The van der Waals surface area contributed by atoms with Crippen LogP contribution in [-0.2, 0) is 16.2 Å². The van der Waals surface area contributed by atoms with E-state index in [0.29, 0.717) is 25.1 Å². The molecule has 1 aromatic heterocycles. The smallest absolute Gasteiger partial charge is 0.268 e. The van der Waals surface area contributed by atoms with Gasteiger partial charge in [0.15, 0.2) is 0 Å². The molecule has 2 rings (SSSR count). The Morgan fingerprint density at radius 1 is 1.18 bits per heavy atom. The van der Waals surface area contributed by atoms with Crippen LogP contribution in [0.25, 0.3) is 0 Å². The molecule has 1 aromatic rings. The first-order valence-electron chi connectivity index (χ1n) is 6.79. The summed E-state index contributed by atoms with van der Waals surface area (Å²) in [4.78, 5) is 15.0. The highest BCUT2D eigenvalue weighted by molar-refractivity contribution is 7.90. The summed E-state index contributed by atoms with van der Waals surface area (Å²) in [7, 11) is -3.82. The summed E-state index contributed by atoms with van der Waals surface area (Å²) in [6.45, 7) is 0. The lowest BCUT2D eigenvalue weighted by Gasteiger charge is -2.21. The van der Waals surface area contributed by atoms with Crippen molar-refractivity contribution in [3.05, 3.63) is 29.6 Å². The fraction of sp³-hybridized carbons (Fsp3) is 0.538. The maximum absolute atomic E-state index is 12.4. The topological polar surface area (TPSA) is 76.1 Å². The number of pyridine rings is 1. The predicted molar refractivity (Wildman–Crippen MR) is 72.5 cm³/mol. The van der Waals surface area contributed by atoms with E-state index in [1.807, 2.05) is 4.72 Å². The molecule has 5 nitrogen and oxygen atoms in total. The molecular weight excluding hydrogens is 321 g/mol. The van der Waals surface area contributed by atoms with Crippen molar-refractivity contribution in [2.24, 2.45) is 0 Å². The zero-order chi connectivity index (χ0) is 16.4. The molecular formula is C13H15F3N2O3S. The largest absolute Gasteiger partial charge is 0.433 e. The number of halogens is 3. The third kappa shape index (κ3) is 3.96.